The molecule has 226 valence electrons. The molecule has 4 aliphatic rings. The summed E-state index contributed by atoms with van der Waals surface area (Å²) >= 11 is 0. The van der Waals surface area contributed by atoms with Crippen LogP contribution in [0.5, 0.6) is 0 Å². The summed E-state index contributed by atoms with van der Waals surface area (Å²) in [4.78, 5) is 24.9. The molecule has 0 radical (unpaired) electrons. The maximum Gasteiger partial charge on any atom is 0.312 e. The second-order valence-corrected chi connectivity index (χ2v) is 14.8. The molecule has 0 heterocycles. The van der Waals surface area contributed by atoms with Crippen LogP contribution in [0.3, 0.4) is 0 Å². The fourth-order valence-electron chi connectivity index (χ4n) is 7.07. The van der Waals surface area contributed by atoms with Crippen molar-refractivity contribution in [2.45, 2.75) is 130 Å². The molecule has 4 saturated carbocycles. The lowest BCUT2D eigenvalue weighted by Gasteiger charge is -2.59. The van der Waals surface area contributed by atoms with Gasteiger partial charge in [-0.05, 0) is 120 Å². The zero-order chi connectivity index (χ0) is 30.3. The third-order valence-corrected chi connectivity index (χ3v) is 10.5. The molecule has 5 nitrogen and oxygen atoms in total. The van der Waals surface area contributed by atoms with E-state index in [4.69, 9.17) is 9.47 Å². The Bertz CT molecular complexity index is 1250. The van der Waals surface area contributed by atoms with E-state index < -0.39 is 22.0 Å². The number of esters is 2. The summed E-state index contributed by atoms with van der Waals surface area (Å²) in [6.07, 6.45) is 7.96. The molecular weight excluding hydrogens is 512 g/mol. The minimum Gasteiger partial charge on any atom is -0.459 e. The van der Waals surface area contributed by atoms with Gasteiger partial charge in [0.15, 0.2) is 0 Å². The molecule has 5 heteroatoms. The van der Waals surface area contributed by atoms with E-state index in [0.717, 1.165) is 50.5 Å². The highest BCUT2D eigenvalue weighted by molar-refractivity contribution is 5.83. The molecule has 0 saturated heterocycles. The molecule has 6 rings (SSSR count). The summed E-state index contributed by atoms with van der Waals surface area (Å²) in [5.74, 6) is 0.903. The van der Waals surface area contributed by atoms with Crippen molar-refractivity contribution in [2.24, 2.45) is 22.7 Å². The Balaban J connectivity index is 0.000000191. The van der Waals surface area contributed by atoms with Crippen molar-refractivity contribution < 1.29 is 24.2 Å². The Labute approximate surface area is 247 Å². The SMILES string of the molecule is CCC(C)(C)C(=O)OC(C)(CC)c1ccc2ccccc2c1.CCC(C)(C)C(=O)OC12CC3CC(CC(O)(C3)C1)C2. The fraction of sp³-hybridized carbons (Fsp3) is 0.667. The van der Waals surface area contributed by atoms with Gasteiger partial charge in [-0.25, -0.2) is 0 Å². The first-order valence-electron chi connectivity index (χ1n) is 15.8. The van der Waals surface area contributed by atoms with Crippen LogP contribution >= 0.6 is 0 Å². The summed E-state index contributed by atoms with van der Waals surface area (Å²) in [5, 5.41) is 13.0. The first-order valence-corrected chi connectivity index (χ1v) is 15.8. The number of rotatable bonds is 8. The number of aliphatic hydroxyl groups is 1. The van der Waals surface area contributed by atoms with Gasteiger partial charge in [-0.3, -0.25) is 9.59 Å². The van der Waals surface area contributed by atoms with Crippen molar-refractivity contribution in [2.75, 3.05) is 0 Å². The van der Waals surface area contributed by atoms with Crippen LogP contribution in [0.25, 0.3) is 10.8 Å². The maximum absolute atomic E-state index is 12.5. The van der Waals surface area contributed by atoms with Crippen LogP contribution in [0.2, 0.25) is 0 Å². The second kappa shape index (κ2) is 11.4. The van der Waals surface area contributed by atoms with E-state index in [2.05, 4.69) is 37.3 Å². The Kier molecular flexibility index (Phi) is 8.73. The summed E-state index contributed by atoms with van der Waals surface area (Å²) in [6, 6.07) is 14.5. The minimum absolute atomic E-state index is 0.0828. The molecule has 3 atom stereocenters. The summed E-state index contributed by atoms with van der Waals surface area (Å²) < 4.78 is 11.9. The quantitative estimate of drug-likeness (QED) is 0.326. The van der Waals surface area contributed by atoms with Gasteiger partial charge in [-0.2, -0.15) is 0 Å². The van der Waals surface area contributed by atoms with Crippen LogP contribution in [-0.2, 0) is 24.7 Å². The third-order valence-electron chi connectivity index (χ3n) is 10.5. The number of hydrogen-bond donors (Lipinski definition) is 1. The lowest BCUT2D eigenvalue weighted by Crippen LogP contribution is -2.61. The Hall–Kier alpha value is -2.40. The van der Waals surface area contributed by atoms with E-state index in [9.17, 15) is 14.7 Å². The second-order valence-electron chi connectivity index (χ2n) is 14.8. The average molecular weight is 565 g/mol. The Morgan fingerprint density at radius 1 is 0.805 bits per heavy atom. The number of carbonyl (C=O) groups excluding carboxylic acids is 2. The Morgan fingerprint density at radius 2 is 1.37 bits per heavy atom. The molecule has 0 aromatic heterocycles. The van der Waals surface area contributed by atoms with Gasteiger partial charge in [0.05, 0.1) is 16.4 Å². The average Bonchev–Trinajstić information content (AvgIpc) is 2.91. The molecule has 3 unspecified atom stereocenters. The van der Waals surface area contributed by atoms with Gasteiger partial charge in [0, 0.05) is 6.42 Å². The van der Waals surface area contributed by atoms with Gasteiger partial charge in [0.25, 0.3) is 0 Å². The minimum atomic E-state index is -0.590. The fourth-order valence-corrected chi connectivity index (χ4v) is 7.07. The monoisotopic (exact) mass is 564 g/mol. The van der Waals surface area contributed by atoms with E-state index in [1.807, 2.05) is 60.6 Å². The predicted molar refractivity (Wildman–Crippen MR) is 164 cm³/mol. The highest BCUT2D eigenvalue weighted by Gasteiger charge is 2.59. The topological polar surface area (TPSA) is 72.8 Å². The molecule has 4 aliphatic carbocycles. The zero-order valence-electron chi connectivity index (χ0n) is 26.6. The normalized spacial score (nSPS) is 28.4. The summed E-state index contributed by atoms with van der Waals surface area (Å²) in [5.41, 5.74) is -1.32. The lowest BCUT2D eigenvalue weighted by atomic mass is 9.52. The van der Waals surface area contributed by atoms with Crippen LogP contribution in [0, 0.1) is 22.7 Å². The van der Waals surface area contributed by atoms with Gasteiger partial charge in [0.2, 0.25) is 0 Å². The molecular formula is C36H52O5. The number of carbonyl (C=O) groups is 2. The molecule has 1 N–H and O–H groups in total. The summed E-state index contributed by atoms with van der Waals surface area (Å²) in [6.45, 7) is 15.9. The van der Waals surface area contributed by atoms with Gasteiger partial charge in [-0.15, -0.1) is 0 Å². The first kappa shape index (κ1) is 31.5. The molecule has 2 aromatic carbocycles. The highest BCUT2D eigenvalue weighted by Crippen LogP contribution is 2.59. The molecule has 4 bridgehead atoms. The molecule has 0 amide bonds. The first-order chi connectivity index (χ1) is 19.1. The van der Waals surface area contributed by atoms with E-state index in [-0.39, 0.29) is 17.5 Å². The smallest absolute Gasteiger partial charge is 0.312 e. The van der Waals surface area contributed by atoms with Crippen LogP contribution in [0.4, 0.5) is 0 Å². The van der Waals surface area contributed by atoms with E-state index in [0.29, 0.717) is 18.3 Å². The largest absolute Gasteiger partial charge is 0.459 e. The number of benzene rings is 2. The van der Waals surface area contributed by atoms with Gasteiger partial charge < -0.3 is 14.6 Å². The molecule has 0 aliphatic heterocycles. The van der Waals surface area contributed by atoms with Crippen molar-refractivity contribution in [3.63, 3.8) is 0 Å². The zero-order valence-corrected chi connectivity index (χ0v) is 26.6. The van der Waals surface area contributed by atoms with Crippen molar-refractivity contribution in [3.05, 3.63) is 48.0 Å². The number of ether oxygens (including phenoxy) is 2. The van der Waals surface area contributed by atoms with Gasteiger partial charge >= 0.3 is 11.9 Å². The highest BCUT2D eigenvalue weighted by atomic mass is 16.6. The van der Waals surface area contributed by atoms with E-state index in [1.54, 1.807) is 0 Å². The predicted octanol–water partition coefficient (Wildman–Crippen LogP) is 8.49. The molecule has 41 heavy (non-hydrogen) atoms. The van der Waals surface area contributed by atoms with Crippen molar-refractivity contribution in [1.82, 2.24) is 0 Å². The Morgan fingerprint density at radius 3 is 1.90 bits per heavy atom. The van der Waals surface area contributed by atoms with Gasteiger partial charge in [-0.1, -0.05) is 57.2 Å². The van der Waals surface area contributed by atoms with Crippen LogP contribution in [0.15, 0.2) is 42.5 Å². The van der Waals surface area contributed by atoms with Crippen LogP contribution < -0.4 is 0 Å². The lowest BCUT2D eigenvalue weighted by molar-refractivity contribution is -0.225. The summed E-state index contributed by atoms with van der Waals surface area (Å²) in [7, 11) is 0. The van der Waals surface area contributed by atoms with E-state index in [1.165, 1.54) is 17.2 Å². The third kappa shape index (κ3) is 6.66. The van der Waals surface area contributed by atoms with E-state index >= 15 is 0 Å². The maximum atomic E-state index is 12.5. The van der Waals surface area contributed by atoms with Crippen molar-refractivity contribution in [3.8, 4) is 0 Å². The number of hydrogen-bond acceptors (Lipinski definition) is 5. The van der Waals surface area contributed by atoms with Crippen LogP contribution in [0.1, 0.15) is 119 Å². The van der Waals surface area contributed by atoms with Crippen LogP contribution in [-0.4, -0.2) is 28.2 Å². The molecule has 4 fully saturated rings. The molecule has 2 aromatic rings. The van der Waals surface area contributed by atoms with Crippen molar-refractivity contribution in [1.29, 1.82) is 0 Å². The standard InChI is InChI=1S/C20H26O2.C16H26O3/c1-6-19(3,4)18(21)22-20(5,7-2)17-13-12-15-10-8-9-11-16(15)14-17;1-4-14(2,3)13(17)19-16-8-11-5-12(9-16)7-15(18,6-11)10-16/h8-14H,6-7H2,1-5H3;11-12,18H,4-10H2,1-3H3. The van der Waals surface area contributed by atoms with Crippen molar-refractivity contribution >= 4 is 22.7 Å². The molecule has 0 spiro atoms. The number of fused-ring (bicyclic) bond motifs is 1. The van der Waals surface area contributed by atoms with Gasteiger partial charge in [0.1, 0.15) is 11.2 Å².